The highest BCUT2D eigenvalue weighted by Gasteiger charge is 2.20. The standard InChI is InChI=1S/C15H17FN2S/c16-13-2-1-3-14(12(13)4-7-17)18-8-5-15-11(10-18)6-9-19-15/h1-3,6,9H,4-5,7-8,10,17H2. The second kappa shape index (κ2) is 5.31. The molecule has 0 bridgehead atoms. The van der Waals surface area contributed by atoms with Gasteiger partial charge in [0.05, 0.1) is 0 Å². The van der Waals surface area contributed by atoms with Gasteiger partial charge < -0.3 is 10.6 Å². The van der Waals surface area contributed by atoms with E-state index in [1.165, 1.54) is 16.5 Å². The van der Waals surface area contributed by atoms with E-state index in [-0.39, 0.29) is 5.82 Å². The number of benzene rings is 1. The van der Waals surface area contributed by atoms with Crippen molar-refractivity contribution in [3.8, 4) is 0 Å². The highest BCUT2D eigenvalue weighted by Crippen LogP contribution is 2.30. The van der Waals surface area contributed by atoms with Gasteiger partial charge in [-0.15, -0.1) is 11.3 Å². The Bertz CT molecular complexity index is 579. The van der Waals surface area contributed by atoms with Crippen LogP contribution in [0.4, 0.5) is 10.1 Å². The number of hydrogen-bond acceptors (Lipinski definition) is 3. The quantitative estimate of drug-likeness (QED) is 0.934. The van der Waals surface area contributed by atoms with Crippen LogP contribution < -0.4 is 10.6 Å². The summed E-state index contributed by atoms with van der Waals surface area (Å²) in [5, 5.41) is 2.14. The van der Waals surface area contributed by atoms with Crippen LogP contribution in [0.15, 0.2) is 29.6 Å². The van der Waals surface area contributed by atoms with Crippen LogP contribution in [0.1, 0.15) is 16.0 Å². The van der Waals surface area contributed by atoms with Crippen LogP contribution in [0.25, 0.3) is 0 Å². The van der Waals surface area contributed by atoms with Gasteiger partial charge in [-0.2, -0.15) is 0 Å². The Balaban J connectivity index is 1.93. The van der Waals surface area contributed by atoms with Gasteiger partial charge in [-0.25, -0.2) is 4.39 Å². The molecule has 100 valence electrons. The maximum Gasteiger partial charge on any atom is 0.128 e. The minimum absolute atomic E-state index is 0.140. The summed E-state index contributed by atoms with van der Waals surface area (Å²) in [6.07, 6.45) is 1.64. The fraction of sp³-hybridized carbons (Fsp3) is 0.333. The van der Waals surface area contributed by atoms with Gasteiger partial charge in [-0.3, -0.25) is 0 Å². The van der Waals surface area contributed by atoms with Crippen molar-refractivity contribution in [3.05, 3.63) is 51.5 Å². The summed E-state index contributed by atoms with van der Waals surface area (Å²) < 4.78 is 13.9. The molecule has 19 heavy (non-hydrogen) atoms. The molecule has 0 amide bonds. The van der Waals surface area contributed by atoms with Gasteiger partial charge in [0.1, 0.15) is 5.82 Å². The SMILES string of the molecule is NCCc1c(F)cccc1N1CCc2sccc2C1. The van der Waals surface area contributed by atoms with Crippen LogP contribution in [0.2, 0.25) is 0 Å². The first-order valence-electron chi connectivity index (χ1n) is 6.57. The molecule has 2 aromatic rings. The number of thiophene rings is 1. The van der Waals surface area contributed by atoms with E-state index in [9.17, 15) is 4.39 Å². The number of hydrogen-bond donors (Lipinski definition) is 1. The van der Waals surface area contributed by atoms with E-state index in [1.54, 1.807) is 6.07 Å². The van der Waals surface area contributed by atoms with Gasteiger partial charge in [-0.1, -0.05) is 6.07 Å². The molecule has 1 aromatic heterocycles. The summed E-state index contributed by atoms with van der Waals surface area (Å²) in [6.45, 7) is 2.31. The predicted octanol–water partition coefficient (Wildman–Crippen LogP) is 2.95. The number of nitrogens with zero attached hydrogens (tertiary/aromatic N) is 1. The van der Waals surface area contributed by atoms with E-state index in [0.29, 0.717) is 13.0 Å². The summed E-state index contributed by atoms with van der Waals surface area (Å²) in [5.41, 5.74) is 8.73. The number of rotatable bonds is 3. The lowest BCUT2D eigenvalue weighted by atomic mass is 10.0. The molecule has 0 aliphatic carbocycles. The summed E-state index contributed by atoms with van der Waals surface area (Å²) in [4.78, 5) is 3.73. The van der Waals surface area contributed by atoms with Gasteiger partial charge >= 0.3 is 0 Å². The molecular formula is C15H17FN2S. The van der Waals surface area contributed by atoms with Crippen LogP contribution >= 0.6 is 11.3 Å². The molecule has 0 saturated carbocycles. The zero-order valence-electron chi connectivity index (χ0n) is 10.7. The average Bonchev–Trinajstić information content (AvgIpc) is 2.88. The van der Waals surface area contributed by atoms with Crippen molar-refractivity contribution in [1.29, 1.82) is 0 Å². The van der Waals surface area contributed by atoms with E-state index in [1.807, 2.05) is 17.4 Å². The van der Waals surface area contributed by atoms with Crippen LogP contribution in [0.5, 0.6) is 0 Å². The molecule has 0 spiro atoms. The Labute approximate surface area is 116 Å². The fourth-order valence-electron chi connectivity index (χ4n) is 2.69. The summed E-state index contributed by atoms with van der Waals surface area (Å²) >= 11 is 1.82. The van der Waals surface area contributed by atoms with E-state index >= 15 is 0 Å². The zero-order valence-corrected chi connectivity index (χ0v) is 11.5. The maximum atomic E-state index is 13.9. The van der Waals surface area contributed by atoms with Crippen molar-refractivity contribution in [1.82, 2.24) is 0 Å². The lowest BCUT2D eigenvalue weighted by molar-refractivity contribution is 0.606. The third kappa shape index (κ3) is 2.38. The largest absolute Gasteiger partial charge is 0.366 e. The first-order valence-corrected chi connectivity index (χ1v) is 7.45. The first kappa shape index (κ1) is 12.6. The van der Waals surface area contributed by atoms with Gasteiger partial charge in [0, 0.05) is 29.2 Å². The average molecular weight is 276 g/mol. The Morgan fingerprint density at radius 3 is 3.05 bits per heavy atom. The number of halogens is 1. The molecule has 1 aliphatic rings. The van der Waals surface area contributed by atoms with Crippen molar-refractivity contribution in [2.75, 3.05) is 18.0 Å². The number of nitrogens with two attached hydrogens (primary N) is 1. The minimum Gasteiger partial charge on any atom is -0.366 e. The molecule has 0 atom stereocenters. The van der Waals surface area contributed by atoms with E-state index in [2.05, 4.69) is 16.3 Å². The minimum atomic E-state index is -0.140. The third-order valence-corrected chi connectivity index (χ3v) is 4.66. The van der Waals surface area contributed by atoms with Crippen molar-refractivity contribution < 1.29 is 4.39 Å². The molecule has 0 unspecified atom stereocenters. The molecule has 0 saturated heterocycles. The van der Waals surface area contributed by atoms with Crippen LogP contribution in [0.3, 0.4) is 0 Å². The Morgan fingerprint density at radius 1 is 1.32 bits per heavy atom. The van der Waals surface area contributed by atoms with Crippen LogP contribution in [0, 0.1) is 5.82 Å². The monoisotopic (exact) mass is 276 g/mol. The molecule has 3 rings (SSSR count). The Kier molecular flexibility index (Phi) is 3.53. The smallest absolute Gasteiger partial charge is 0.128 e. The predicted molar refractivity (Wildman–Crippen MR) is 78.2 cm³/mol. The molecule has 2 nitrogen and oxygen atoms in total. The first-order chi connectivity index (χ1) is 9.29. The summed E-state index contributed by atoms with van der Waals surface area (Å²) in [6, 6.07) is 7.49. The summed E-state index contributed by atoms with van der Waals surface area (Å²) in [7, 11) is 0. The third-order valence-electron chi connectivity index (χ3n) is 3.64. The van der Waals surface area contributed by atoms with Crippen LogP contribution in [-0.4, -0.2) is 13.1 Å². The number of fused-ring (bicyclic) bond motifs is 1. The van der Waals surface area contributed by atoms with E-state index in [4.69, 9.17) is 5.73 Å². The van der Waals surface area contributed by atoms with Gasteiger partial charge in [0.15, 0.2) is 0 Å². The normalized spacial score (nSPS) is 14.5. The van der Waals surface area contributed by atoms with Crippen molar-refractivity contribution in [2.45, 2.75) is 19.4 Å². The molecule has 2 heterocycles. The summed E-state index contributed by atoms with van der Waals surface area (Å²) in [5.74, 6) is -0.140. The van der Waals surface area contributed by atoms with Crippen molar-refractivity contribution >= 4 is 17.0 Å². The van der Waals surface area contributed by atoms with Crippen molar-refractivity contribution in [2.24, 2.45) is 5.73 Å². The van der Waals surface area contributed by atoms with Crippen LogP contribution in [-0.2, 0) is 19.4 Å². The molecule has 0 fully saturated rings. The van der Waals surface area contributed by atoms with Gasteiger partial charge in [0.2, 0.25) is 0 Å². The molecule has 4 heteroatoms. The lowest BCUT2D eigenvalue weighted by Gasteiger charge is -2.31. The highest BCUT2D eigenvalue weighted by atomic mass is 32.1. The van der Waals surface area contributed by atoms with E-state index in [0.717, 1.165) is 30.8 Å². The molecular weight excluding hydrogens is 259 g/mol. The fourth-order valence-corrected chi connectivity index (χ4v) is 3.58. The maximum absolute atomic E-state index is 13.9. The molecule has 0 radical (unpaired) electrons. The lowest BCUT2D eigenvalue weighted by Crippen LogP contribution is -2.30. The van der Waals surface area contributed by atoms with Gasteiger partial charge in [-0.05, 0) is 48.5 Å². The topological polar surface area (TPSA) is 29.3 Å². The Morgan fingerprint density at radius 2 is 2.21 bits per heavy atom. The highest BCUT2D eigenvalue weighted by molar-refractivity contribution is 7.10. The second-order valence-electron chi connectivity index (χ2n) is 4.82. The van der Waals surface area contributed by atoms with E-state index < -0.39 is 0 Å². The van der Waals surface area contributed by atoms with Crippen molar-refractivity contribution in [3.63, 3.8) is 0 Å². The Hall–Kier alpha value is -1.39. The molecule has 2 N–H and O–H groups in total. The molecule has 1 aliphatic heterocycles. The molecule has 1 aromatic carbocycles. The number of anilines is 1. The second-order valence-corrected chi connectivity index (χ2v) is 5.82. The zero-order chi connectivity index (χ0) is 13.2. The van der Waals surface area contributed by atoms with Gasteiger partial charge in [0.25, 0.3) is 0 Å².